The van der Waals surface area contributed by atoms with E-state index in [1.165, 1.54) is 22.7 Å². The van der Waals surface area contributed by atoms with Crippen molar-refractivity contribution in [3.8, 4) is 0 Å². The molecule has 0 aliphatic rings. The van der Waals surface area contributed by atoms with Crippen LogP contribution in [0, 0.1) is 0 Å². The summed E-state index contributed by atoms with van der Waals surface area (Å²) in [6.07, 6.45) is 0.516. The molecule has 156 valence electrons. The molecule has 8 nitrogen and oxygen atoms in total. The zero-order chi connectivity index (χ0) is 20.9. The number of ether oxygens (including phenoxy) is 2. The van der Waals surface area contributed by atoms with Crippen molar-refractivity contribution in [1.29, 1.82) is 0 Å². The maximum atomic E-state index is 11.7. The van der Waals surface area contributed by atoms with Gasteiger partial charge in [0, 0.05) is 19.5 Å². The number of carbonyl (C=O) groups excluding carboxylic acids is 4. The molecule has 2 heterocycles. The summed E-state index contributed by atoms with van der Waals surface area (Å²) >= 11 is 2.65. The summed E-state index contributed by atoms with van der Waals surface area (Å²) in [6, 6.07) is 6.97. The van der Waals surface area contributed by atoms with Gasteiger partial charge < -0.3 is 20.1 Å². The molecule has 0 unspecified atom stereocenters. The van der Waals surface area contributed by atoms with E-state index >= 15 is 0 Å². The largest absolute Gasteiger partial charge is 0.465 e. The van der Waals surface area contributed by atoms with Crippen LogP contribution in [0.4, 0.5) is 0 Å². The van der Waals surface area contributed by atoms with Gasteiger partial charge in [0.15, 0.2) is 0 Å². The first-order valence-corrected chi connectivity index (χ1v) is 10.8. The second-order valence-electron chi connectivity index (χ2n) is 5.76. The van der Waals surface area contributed by atoms with Crippen molar-refractivity contribution in [2.45, 2.75) is 19.3 Å². The Morgan fingerprint density at radius 1 is 0.759 bits per heavy atom. The first-order valence-electron chi connectivity index (χ1n) is 9.01. The second-order valence-corrected chi connectivity index (χ2v) is 7.66. The van der Waals surface area contributed by atoms with Crippen molar-refractivity contribution in [2.24, 2.45) is 0 Å². The number of amides is 2. The van der Waals surface area contributed by atoms with Crippen LogP contribution in [0.2, 0.25) is 0 Å². The number of thiophene rings is 2. The van der Waals surface area contributed by atoms with Crippen LogP contribution in [0.15, 0.2) is 35.0 Å². The third-order valence-corrected chi connectivity index (χ3v) is 5.27. The molecule has 0 aromatic carbocycles. The monoisotopic (exact) mass is 438 g/mol. The summed E-state index contributed by atoms with van der Waals surface area (Å²) in [5.74, 6) is -1.30. The van der Waals surface area contributed by atoms with Crippen LogP contribution in [-0.4, -0.2) is 50.1 Å². The van der Waals surface area contributed by atoms with Crippen molar-refractivity contribution in [3.63, 3.8) is 0 Å². The van der Waals surface area contributed by atoms with Crippen molar-refractivity contribution in [2.75, 3.05) is 26.3 Å². The fourth-order valence-corrected chi connectivity index (χ4v) is 3.40. The Morgan fingerprint density at radius 3 is 1.59 bits per heavy atom. The van der Waals surface area contributed by atoms with Crippen LogP contribution in [0.1, 0.15) is 38.6 Å². The van der Waals surface area contributed by atoms with Gasteiger partial charge in [-0.1, -0.05) is 12.1 Å². The molecule has 2 rings (SSSR count). The standard InChI is InChI=1S/C19H22N2O6S2/c22-16(6-8-20-18(24)14-4-1-12-28-14)26-10-3-11-27-17(23)7-9-21-19(25)15-5-2-13-29-15/h1-2,4-5,12-13H,3,6-11H2,(H,20,24)(H,21,25). The summed E-state index contributed by atoms with van der Waals surface area (Å²) in [6.45, 7) is 0.643. The summed E-state index contributed by atoms with van der Waals surface area (Å²) in [5.41, 5.74) is 0. The van der Waals surface area contributed by atoms with Gasteiger partial charge in [0.1, 0.15) is 0 Å². The van der Waals surface area contributed by atoms with Crippen molar-refractivity contribution >= 4 is 46.4 Å². The predicted molar refractivity (Wildman–Crippen MR) is 109 cm³/mol. The van der Waals surface area contributed by atoms with E-state index in [1.807, 2.05) is 0 Å². The minimum Gasteiger partial charge on any atom is -0.465 e. The van der Waals surface area contributed by atoms with Gasteiger partial charge in [-0.2, -0.15) is 0 Å². The smallest absolute Gasteiger partial charge is 0.307 e. The highest BCUT2D eigenvalue weighted by Crippen LogP contribution is 2.08. The van der Waals surface area contributed by atoms with Gasteiger partial charge in [0.05, 0.1) is 35.8 Å². The average Bonchev–Trinajstić information content (AvgIpc) is 3.41. The molecule has 2 aromatic heterocycles. The molecule has 29 heavy (non-hydrogen) atoms. The molecule has 0 radical (unpaired) electrons. The van der Waals surface area contributed by atoms with E-state index in [2.05, 4.69) is 10.6 Å². The van der Waals surface area contributed by atoms with Gasteiger partial charge in [0.2, 0.25) is 0 Å². The Bertz CT molecular complexity index is 723. The second kappa shape index (κ2) is 12.7. The summed E-state index contributed by atoms with van der Waals surface area (Å²) in [5, 5.41) is 8.89. The molecule has 10 heteroatoms. The van der Waals surface area contributed by atoms with E-state index in [-0.39, 0.29) is 51.0 Å². The van der Waals surface area contributed by atoms with Gasteiger partial charge in [-0.05, 0) is 22.9 Å². The van der Waals surface area contributed by atoms with E-state index in [4.69, 9.17) is 9.47 Å². The SMILES string of the molecule is O=C(CCNC(=O)c1cccs1)OCCCOC(=O)CCNC(=O)c1cccs1. The zero-order valence-electron chi connectivity index (χ0n) is 15.7. The normalized spacial score (nSPS) is 10.2. The fourth-order valence-electron chi connectivity index (χ4n) is 2.12. The van der Waals surface area contributed by atoms with E-state index in [9.17, 15) is 19.2 Å². The van der Waals surface area contributed by atoms with Gasteiger partial charge in [-0.3, -0.25) is 19.2 Å². The molecular formula is C19H22N2O6S2. The fraction of sp³-hybridized carbons (Fsp3) is 0.368. The van der Waals surface area contributed by atoms with Gasteiger partial charge in [-0.15, -0.1) is 22.7 Å². The molecule has 0 saturated heterocycles. The van der Waals surface area contributed by atoms with Crippen LogP contribution in [0.5, 0.6) is 0 Å². The number of hydrogen-bond acceptors (Lipinski definition) is 8. The Labute approximate surface area is 176 Å². The first-order chi connectivity index (χ1) is 14.1. The van der Waals surface area contributed by atoms with Crippen molar-refractivity contribution in [3.05, 3.63) is 44.8 Å². The summed E-state index contributed by atoms with van der Waals surface area (Å²) in [4.78, 5) is 47.8. The van der Waals surface area contributed by atoms with Crippen LogP contribution < -0.4 is 10.6 Å². The van der Waals surface area contributed by atoms with Crippen molar-refractivity contribution < 1.29 is 28.7 Å². The van der Waals surface area contributed by atoms with E-state index in [0.717, 1.165) is 0 Å². The van der Waals surface area contributed by atoms with Gasteiger partial charge in [0.25, 0.3) is 11.8 Å². The number of carbonyl (C=O) groups is 4. The molecule has 2 amide bonds. The number of nitrogens with one attached hydrogen (secondary N) is 2. The molecule has 0 fully saturated rings. The maximum Gasteiger partial charge on any atom is 0.307 e. The lowest BCUT2D eigenvalue weighted by atomic mass is 10.4. The topological polar surface area (TPSA) is 111 Å². The molecule has 2 aromatic rings. The number of rotatable bonds is 12. The molecule has 0 aliphatic carbocycles. The molecule has 0 aliphatic heterocycles. The predicted octanol–water partition coefficient (Wildman–Crippen LogP) is 2.23. The molecule has 2 N–H and O–H groups in total. The lowest BCUT2D eigenvalue weighted by Gasteiger charge is -2.07. The third kappa shape index (κ3) is 8.88. The molecule has 0 saturated carbocycles. The van der Waals surface area contributed by atoms with Gasteiger partial charge in [-0.25, -0.2) is 0 Å². The van der Waals surface area contributed by atoms with Crippen LogP contribution in [-0.2, 0) is 19.1 Å². The molecule has 0 bridgehead atoms. The van der Waals surface area contributed by atoms with E-state index in [1.54, 1.807) is 35.0 Å². The van der Waals surface area contributed by atoms with E-state index < -0.39 is 11.9 Å². The summed E-state index contributed by atoms with van der Waals surface area (Å²) in [7, 11) is 0. The summed E-state index contributed by atoms with van der Waals surface area (Å²) < 4.78 is 10.0. The van der Waals surface area contributed by atoms with Crippen LogP contribution in [0.25, 0.3) is 0 Å². The Morgan fingerprint density at radius 2 is 1.21 bits per heavy atom. The highest BCUT2D eigenvalue weighted by molar-refractivity contribution is 7.12. The zero-order valence-corrected chi connectivity index (χ0v) is 17.3. The lowest BCUT2D eigenvalue weighted by molar-refractivity contribution is -0.145. The van der Waals surface area contributed by atoms with Gasteiger partial charge >= 0.3 is 11.9 Å². The Balaban J connectivity index is 1.43. The number of hydrogen-bond donors (Lipinski definition) is 2. The number of esters is 2. The van der Waals surface area contributed by atoms with Crippen molar-refractivity contribution in [1.82, 2.24) is 10.6 Å². The quantitative estimate of drug-likeness (QED) is 0.388. The van der Waals surface area contributed by atoms with Crippen LogP contribution in [0.3, 0.4) is 0 Å². The maximum absolute atomic E-state index is 11.7. The Hall–Kier alpha value is -2.72. The van der Waals surface area contributed by atoms with Crippen LogP contribution >= 0.6 is 22.7 Å². The first kappa shape index (κ1) is 22.6. The highest BCUT2D eigenvalue weighted by Gasteiger charge is 2.09. The molecule has 0 spiro atoms. The third-order valence-electron chi connectivity index (χ3n) is 3.53. The molecular weight excluding hydrogens is 416 g/mol. The minimum atomic E-state index is -0.431. The lowest BCUT2D eigenvalue weighted by Crippen LogP contribution is -2.26. The molecule has 0 atom stereocenters. The average molecular weight is 439 g/mol. The van der Waals surface area contributed by atoms with E-state index in [0.29, 0.717) is 16.2 Å². The highest BCUT2D eigenvalue weighted by atomic mass is 32.1. The minimum absolute atomic E-state index is 0.0703. The Kier molecular flexibility index (Phi) is 9.87.